The maximum absolute atomic E-state index is 6.47. The van der Waals surface area contributed by atoms with Crippen molar-refractivity contribution in [1.82, 2.24) is 0 Å². The van der Waals surface area contributed by atoms with E-state index >= 15 is 0 Å². The van der Waals surface area contributed by atoms with Crippen molar-refractivity contribution in [2.75, 3.05) is 4.90 Å². The molecular weight excluding hydrogens is 811 g/mol. The molecule has 0 fully saturated rings. The van der Waals surface area contributed by atoms with Gasteiger partial charge in [0, 0.05) is 33.1 Å². The van der Waals surface area contributed by atoms with Gasteiger partial charge in [0.05, 0.1) is 11.1 Å². The highest BCUT2D eigenvalue weighted by atomic mass is 16.3. The Labute approximate surface area is 387 Å². The van der Waals surface area contributed by atoms with Gasteiger partial charge in [-0.1, -0.05) is 188 Å². The first-order chi connectivity index (χ1) is 33.3. The van der Waals surface area contributed by atoms with E-state index in [0.29, 0.717) is 0 Å². The summed E-state index contributed by atoms with van der Waals surface area (Å²) in [5, 5.41) is 12.1. The van der Waals surface area contributed by atoms with E-state index in [1.165, 1.54) is 98.5 Å². The Morgan fingerprint density at radius 1 is 0.284 bits per heavy atom. The quantitative estimate of drug-likeness (QED) is 0.164. The molecule has 2 aliphatic carbocycles. The molecule has 15 rings (SSSR count). The summed E-state index contributed by atoms with van der Waals surface area (Å²) >= 11 is 0. The van der Waals surface area contributed by atoms with Crippen LogP contribution in [0.3, 0.4) is 0 Å². The third-order valence-corrected chi connectivity index (χ3v) is 15.0. The first-order valence-electron chi connectivity index (χ1n) is 23.3. The number of hydrogen-bond donors (Lipinski definition) is 0. The Hall–Kier alpha value is -8.72. The fraction of sp³-hybridized carbons (Fsp3) is 0.0154. The van der Waals surface area contributed by atoms with Gasteiger partial charge in [0.2, 0.25) is 0 Å². The first-order valence-corrected chi connectivity index (χ1v) is 23.3. The molecule has 67 heavy (non-hydrogen) atoms. The van der Waals surface area contributed by atoms with E-state index in [1.54, 1.807) is 0 Å². The molecule has 0 amide bonds. The van der Waals surface area contributed by atoms with Gasteiger partial charge in [-0.3, -0.25) is 0 Å². The van der Waals surface area contributed by atoms with Crippen molar-refractivity contribution in [2.24, 2.45) is 0 Å². The molecule has 2 nitrogen and oxygen atoms in total. The van der Waals surface area contributed by atoms with Gasteiger partial charge in [0.25, 0.3) is 0 Å². The highest BCUT2D eigenvalue weighted by Gasteiger charge is 2.51. The van der Waals surface area contributed by atoms with E-state index in [2.05, 4.69) is 241 Å². The van der Waals surface area contributed by atoms with Crippen LogP contribution in [-0.4, -0.2) is 0 Å². The summed E-state index contributed by atoms with van der Waals surface area (Å²) < 4.78 is 6.47. The van der Waals surface area contributed by atoms with E-state index in [1.807, 2.05) is 0 Å². The largest absolute Gasteiger partial charge is 0.456 e. The van der Waals surface area contributed by atoms with E-state index in [-0.39, 0.29) is 0 Å². The zero-order valence-corrected chi connectivity index (χ0v) is 36.4. The van der Waals surface area contributed by atoms with Crippen LogP contribution < -0.4 is 4.90 Å². The van der Waals surface area contributed by atoms with Crippen molar-refractivity contribution in [3.05, 3.63) is 259 Å². The molecular formula is C65H39NO. The lowest BCUT2D eigenvalue weighted by Crippen LogP contribution is -2.26. The van der Waals surface area contributed by atoms with Crippen LogP contribution in [-0.2, 0) is 5.41 Å². The molecule has 310 valence electrons. The second kappa shape index (κ2) is 13.7. The fourth-order valence-corrected chi connectivity index (χ4v) is 12.4. The molecule has 2 heteroatoms. The lowest BCUT2D eigenvalue weighted by molar-refractivity contribution is 0.669. The molecule has 12 aromatic carbocycles. The van der Waals surface area contributed by atoms with Gasteiger partial charge in [0.1, 0.15) is 11.2 Å². The van der Waals surface area contributed by atoms with Crippen molar-refractivity contribution < 1.29 is 4.42 Å². The van der Waals surface area contributed by atoms with Gasteiger partial charge < -0.3 is 9.32 Å². The van der Waals surface area contributed by atoms with E-state index in [4.69, 9.17) is 4.42 Å². The van der Waals surface area contributed by atoms with Crippen LogP contribution in [0.5, 0.6) is 0 Å². The molecule has 1 aromatic heterocycles. The predicted molar refractivity (Wildman–Crippen MR) is 280 cm³/mol. The molecule has 13 aromatic rings. The van der Waals surface area contributed by atoms with Gasteiger partial charge in [-0.15, -0.1) is 0 Å². The molecule has 1 spiro atoms. The van der Waals surface area contributed by atoms with Crippen molar-refractivity contribution in [3.8, 4) is 33.4 Å². The minimum absolute atomic E-state index is 0.467. The standard InChI is InChI=1S/C65H39NO/c1-2-17-41-38-42(33-32-40(41)16-1)66(43-34-35-47-46-20-7-12-29-57(46)65(58(47)39-43)55-27-10-5-18-44(55)45-19-6-11-28-56(45)65)59-30-13-8-21-48(59)49-25-15-26-51-53-36-37-61-64(54-24-9-14-31-60(54)67-61)63(53)52-23-4-3-22-50(52)62(49)51/h1-39H. The van der Waals surface area contributed by atoms with Crippen LogP contribution >= 0.6 is 0 Å². The summed E-state index contributed by atoms with van der Waals surface area (Å²) in [5.74, 6) is 0. The van der Waals surface area contributed by atoms with Crippen LogP contribution in [0.1, 0.15) is 22.3 Å². The highest BCUT2D eigenvalue weighted by Crippen LogP contribution is 2.63. The Balaban J connectivity index is 1.02. The average Bonchev–Trinajstić information content (AvgIpc) is 4.03. The summed E-state index contributed by atoms with van der Waals surface area (Å²) in [4.78, 5) is 2.51. The van der Waals surface area contributed by atoms with Gasteiger partial charge in [-0.05, 0) is 136 Å². The monoisotopic (exact) mass is 849 g/mol. The van der Waals surface area contributed by atoms with Crippen molar-refractivity contribution in [1.29, 1.82) is 0 Å². The molecule has 2 aliphatic rings. The molecule has 0 bridgehead atoms. The first kappa shape index (κ1) is 36.6. The van der Waals surface area contributed by atoms with Crippen LogP contribution in [0.2, 0.25) is 0 Å². The smallest absolute Gasteiger partial charge is 0.136 e. The summed E-state index contributed by atoms with van der Waals surface area (Å²) in [6.07, 6.45) is 0. The number of fused-ring (bicyclic) bond motifs is 21. The van der Waals surface area contributed by atoms with Crippen LogP contribution in [0, 0.1) is 0 Å². The van der Waals surface area contributed by atoms with Crippen LogP contribution in [0.25, 0.3) is 98.4 Å². The van der Waals surface area contributed by atoms with Crippen LogP contribution in [0.15, 0.2) is 241 Å². The third-order valence-electron chi connectivity index (χ3n) is 15.0. The lowest BCUT2D eigenvalue weighted by atomic mass is 9.70. The maximum Gasteiger partial charge on any atom is 0.136 e. The van der Waals surface area contributed by atoms with E-state index in [0.717, 1.165) is 39.2 Å². The lowest BCUT2D eigenvalue weighted by Gasteiger charge is -2.33. The topological polar surface area (TPSA) is 16.4 Å². The number of para-hydroxylation sites is 2. The summed E-state index contributed by atoms with van der Waals surface area (Å²) in [6, 6.07) is 87.8. The second-order valence-electron chi connectivity index (χ2n) is 18.2. The minimum Gasteiger partial charge on any atom is -0.456 e. The molecule has 1 heterocycles. The van der Waals surface area contributed by atoms with Crippen molar-refractivity contribution in [2.45, 2.75) is 5.41 Å². The molecule has 0 radical (unpaired) electrons. The van der Waals surface area contributed by atoms with E-state index < -0.39 is 5.41 Å². The number of anilines is 3. The van der Waals surface area contributed by atoms with Gasteiger partial charge in [-0.2, -0.15) is 0 Å². The Morgan fingerprint density at radius 2 is 0.791 bits per heavy atom. The van der Waals surface area contributed by atoms with Crippen molar-refractivity contribution in [3.63, 3.8) is 0 Å². The number of benzene rings is 12. The van der Waals surface area contributed by atoms with E-state index in [9.17, 15) is 0 Å². The minimum atomic E-state index is -0.467. The summed E-state index contributed by atoms with van der Waals surface area (Å²) in [6.45, 7) is 0. The zero-order chi connectivity index (χ0) is 43.8. The van der Waals surface area contributed by atoms with Gasteiger partial charge >= 0.3 is 0 Å². The van der Waals surface area contributed by atoms with Gasteiger partial charge in [-0.25, -0.2) is 0 Å². The Kier molecular flexibility index (Phi) is 7.46. The maximum atomic E-state index is 6.47. The van der Waals surface area contributed by atoms with Crippen molar-refractivity contribution >= 4 is 82.1 Å². The zero-order valence-electron chi connectivity index (χ0n) is 36.4. The van der Waals surface area contributed by atoms with Crippen LogP contribution in [0.4, 0.5) is 17.1 Å². The molecule has 0 unspecified atom stereocenters. The number of nitrogens with zero attached hydrogens (tertiary/aromatic N) is 1. The normalized spacial score (nSPS) is 13.2. The number of furan rings is 1. The van der Waals surface area contributed by atoms with Gasteiger partial charge in [0.15, 0.2) is 0 Å². The molecule has 0 saturated heterocycles. The number of hydrogen-bond acceptors (Lipinski definition) is 2. The molecule has 0 saturated carbocycles. The Bertz CT molecular complexity index is 4150. The molecule has 0 atom stereocenters. The third kappa shape index (κ3) is 4.89. The molecule has 0 N–H and O–H groups in total. The second-order valence-corrected chi connectivity index (χ2v) is 18.2. The number of rotatable bonds is 4. The SMILES string of the molecule is c1ccc(N(c2ccc3c(c2)C2(c4ccccc4-c4ccccc42)c2ccccc2-3)c2ccc3ccccc3c2)c(-c2cccc3c4ccc5oc6ccccc6c5c4c4ccccc4c23)c1. The fourth-order valence-electron chi connectivity index (χ4n) is 12.4. The summed E-state index contributed by atoms with van der Waals surface area (Å²) in [5.41, 5.74) is 17.6. The Morgan fingerprint density at radius 3 is 1.52 bits per heavy atom. The highest BCUT2D eigenvalue weighted by molar-refractivity contribution is 6.36. The summed E-state index contributed by atoms with van der Waals surface area (Å²) in [7, 11) is 0. The average molecular weight is 850 g/mol. The molecule has 0 aliphatic heterocycles. The predicted octanol–water partition coefficient (Wildman–Crippen LogP) is 17.7.